The molecule has 0 heterocycles. The van der Waals surface area contributed by atoms with E-state index in [9.17, 15) is 26.7 Å². The molecule has 0 radical (unpaired) electrons. The summed E-state index contributed by atoms with van der Waals surface area (Å²) in [6, 6.07) is 8.09. The zero-order valence-electron chi connectivity index (χ0n) is 8.81. The number of alkyl halides is 3. The summed E-state index contributed by atoms with van der Waals surface area (Å²) < 4.78 is 58.9. The molecule has 0 saturated carbocycles. The van der Waals surface area contributed by atoms with Crippen molar-refractivity contribution in [3.8, 4) is 0 Å². The van der Waals surface area contributed by atoms with Gasteiger partial charge in [0.15, 0.2) is 0 Å². The van der Waals surface area contributed by atoms with Crippen molar-refractivity contribution in [2.75, 3.05) is 11.9 Å². The number of anilines is 1. The third-order valence-electron chi connectivity index (χ3n) is 1.73. The van der Waals surface area contributed by atoms with E-state index in [0.29, 0.717) is 5.69 Å². The second kappa shape index (κ2) is 5.25. The number of benzene rings is 1. The first-order chi connectivity index (χ1) is 8.22. The molecular formula is C9H8F3N2O3S-. The highest BCUT2D eigenvalue weighted by Gasteiger charge is 2.45. The van der Waals surface area contributed by atoms with Gasteiger partial charge < -0.3 is 10.4 Å². The minimum absolute atomic E-state index is 0.463. The Morgan fingerprint density at radius 2 is 1.83 bits per heavy atom. The van der Waals surface area contributed by atoms with E-state index >= 15 is 0 Å². The summed E-state index contributed by atoms with van der Waals surface area (Å²) in [5.74, 6) is -1.42. The topological polar surface area (TPSA) is 81.6 Å². The Balaban J connectivity index is 2.70. The molecule has 1 aromatic carbocycles. The maximum Gasteiger partial charge on any atom is 0.518 e. The summed E-state index contributed by atoms with van der Waals surface area (Å²) in [7, 11) is -5.77. The highest BCUT2D eigenvalue weighted by atomic mass is 32.2. The fourth-order valence-electron chi connectivity index (χ4n) is 0.952. The van der Waals surface area contributed by atoms with Crippen LogP contribution < -0.4 is 10.4 Å². The Bertz CT molecular complexity index is 526. The van der Waals surface area contributed by atoms with Gasteiger partial charge in [-0.3, -0.25) is 0 Å². The lowest BCUT2D eigenvalue weighted by molar-refractivity contribution is -0.215. The molecule has 9 heteroatoms. The van der Waals surface area contributed by atoms with Crippen LogP contribution in [0.5, 0.6) is 0 Å². The van der Waals surface area contributed by atoms with Gasteiger partial charge in [0, 0.05) is 12.2 Å². The second-order valence-electron chi connectivity index (χ2n) is 3.13. The molecule has 0 atom stereocenters. The lowest BCUT2D eigenvalue weighted by Crippen LogP contribution is -2.31. The Hall–Kier alpha value is -1.77. The zero-order valence-corrected chi connectivity index (χ0v) is 9.62. The molecule has 1 N–H and O–H groups in total. The van der Waals surface area contributed by atoms with E-state index < -0.39 is 28.0 Å². The van der Waals surface area contributed by atoms with Gasteiger partial charge >= 0.3 is 15.5 Å². The van der Waals surface area contributed by atoms with Crippen molar-refractivity contribution in [2.45, 2.75) is 5.51 Å². The molecule has 100 valence electrons. The summed E-state index contributed by atoms with van der Waals surface area (Å²) in [5.41, 5.74) is -5.10. The monoisotopic (exact) mass is 281 g/mol. The van der Waals surface area contributed by atoms with Gasteiger partial charge in [-0.15, -0.1) is 0 Å². The van der Waals surface area contributed by atoms with Gasteiger partial charge in [-0.25, -0.2) is 0 Å². The quantitative estimate of drug-likeness (QED) is 0.651. The molecular weight excluding hydrogens is 273 g/mol. The largest absolute Gasteiger partial charge is 0.860 e. The number of para-hydroxylation sites is 1. The van der Waals surface area contributed by atoms with Crippen LogP contribution in [0.2, 0.25) is 0 Å². The first-order valence-corrected chi connectivity index (χ1v) is 6.02. The average Bonchev–Trinajstić information content (AvgIpc) is 2.26. The van der Waals surface area contributed by atoms with E-state index in [1.165, 1.54) is 0 Å². The lowest BCUT2D eigenvalue weighted by Gasteiger charge is -2.13. The van der Waals surface area contributed by atoms with Crippen molar-refractivity contribution >= 4 is 21.6 Å². The van der Waals surface area contributed by atoms with Gasteiger partial charge in [0.1, 0.15) is 0 Å². The molecule has 0 aliphatic rings. The van der Waals surface area contributed by atoms with Gasteiger partial charge in [-0.1, -0.05) is 18.2 Å². The molecule has 0 fully saturated rings. The molecule has 18 heavy (non-hydrogen) atoms. The minimum atomic E-state index is -5.77. The molecule has 1 rings (SSSR count). The van der Waals surface area contributed by atoms with Crippen LogP contribution in [0.25, 0.3) is 0 Å². The van der Waals surface area contributed by atoms with E-state index in [2.05, 4.69) is 9.71 Å². The third kappa shape index (κ3) is 3.91. The summed E-state index contributed by atoms with van der Waals surface area (Å²) >= 11 is 0. The predicted molar refractivity (Wildman–Crippen MR) is 57.3 cm³/mol. The number of hydrogen-bond acceptors (Lipinski definition) is 4. The van der Waals surface area contributed by atoms with Crippen molar-refractivity contribution in [3.63, 3.8) is 0 Å². The number of hydrogen-bond donors (Lipinski definition) is 1. The van der Waals surface area contributed by atoms with Crippen LogP contribution in [-0.4, -0.2) is 26.4 Å². The van der Waals surface area contributed by atoms with Gasteiger partial charge in [0.05, 0.1) is 0 Å². The maximum absolute atomic E-state index is 11.9. The number of sulfonamides is 1. The van der Waals surface area contributed by atoms with Gasteiger partial charge in [0.2, 0.25) is 0 Å². The molecule has 0 spiro atoms. The Labute approximate surface area is 101 Å². The SMILES string of the molecule is O=S(=O)(/N=C(\[O-])CNc1ccccc1)C(F)(F)F. The van der Waals surface area contributed by atoms with Crippen molar-refractivity contribution in [3.05, 3.63) is 30.3 Å². The fraction of sp³-hybridized carbons (Fsp3) is 0.222. The first kappa shape index (κ1) is 14.3. The van der Waals surface area contributed by atoms with Crippen LogP contribution >= 0.6 is 0 Å². The standard InChI is InChI=1S/C9H9F3N2O3S/c10-9(11,12)18(16,17)14-8(15)6-13-7-4-2-1-3-5-7/h1-5,13H,6H2,(H,14,15)/p-1. The van der Waals surface area contributed by atoms with Crippen molar-refractivity contribution in [2.24, 2.45) is 4.40 Å². The van der Waals surface area contributed by atoms with E-state index in [0.717, 1.165) is 0 Å². The summed E-state index contributed by atoms with van der Waals surface area (Å²) in [6.07, 6.45) is 0. The van der Waals surface area contributed by atoms with Crippen molar-refractivity contribution < 1.29 is 26.7 Å². The molecule has 0 aromatic heterocycles. The Morgan fingerprint density at radius 1 is 1.28 bits per heavy atom. The third-order valence-corrected chi connectivity index (χ3v) is 2.76. The molecule has 0 amide bonds. The first-order valence-electron chi connectivity index (χ1n) is 4.58. The maximum atomic E-state index is 11.9. The van der Waals surface area contributed by atoms with E-state index in [1.54, 1.807) is 30.3 Å². The number of halogens is 3. The summed E-state index contributed by atoms with van der Waals surface area (Å²) in [5, 5.41) is 13.4. The van der Waals surface area contributed by atoms with Crippen LogP contribution in [0.1, 0.15) is 0 Å². The van der Waals surface area contributed by atoms with E-state index in [4.69, 9.17) is 0 Å². The van der Waals surface area contributed by atoms with E-state index in [-0.39, 0.29) is 0 Å². The predicted octanol–water partition coefficient (Wildman–Crippen LogP) is 0.707. The molecule has 0 aliphatic heterocycles. The minimum Gasteiger partial charge on any atom is -0.860 e. The summed E-state index contributed by atoms with van der Waals surface area (Å²) in [4.78, 5) is 0. The van der Waals surface area contributed by atoms with Crippen LogP contribution in [0, 0.1) is 0 Å². The van der Waals surface area contributed by atoms with E-state index in [1.807, 2.05) is 0 Å². The molecule has 0 unspecified atom stereocenters. The molecule has 0 aliphatic carbocycles. The van der Waals surface area contributed by atoms with Crippen LogP contribution in [0.3, 0.4) is 0 Å². The average molecular weight is 281 g/mol. The molecule has 1 aromatic rings. The fourth-order valence-corrected chi connectivity index (χ4v) is 1.39. The number of nitrogens with zero attached hydrogens (tertiary/aromatic N) is 1. The Kier molecular flexibility index (Phi) is 4.17. The molecule has 5 nitrogen and oxygen atoms in total. The number of nitrogens with one attached hydrogen (secondary N) is 1. The second-order valence-corrected chi connectivity index (χ2v) is 4.72. The molecule has 0 saturated heterocycles. The van der Waals surface area contributed by atoms with Crippen molar-refractivity contribution in [1.29, 1.82) is 0 Å². The van der Waals surface area contributed by atoms with Gasteiger partial charge in [-0.05, 0) is 18.0 Å². The van der Waals surface area contributed by atoms with Crippen molar-refractivity contribution in [1.82, 2.24) is 0 Å². The van der Waals surface area contributed by atoms with Gasteiger partial charge in [0.25, 0.3) is 0 Å². The highest BCUT2D eigenvalue weighted by Crippen LogP contribution is 2.24. The normalized spacial score (nSPS) is 13.4. The van der Waals surface area contributed by atoms with Crippen LogP contribution in [0.15, 0.2) is 34.7 Å². The zero-order chi connectivity index (χ0) is 13.8. The summed E-state index contributed by atoms with van der Waals surface area (Å²) in [6.45, 7) is -0.640. The van der Waals surface area contributed by atoms with Gasteiger partial charge in [-0.2, -0.15) is 26.0 Å². The molecule has 0 bridgehead atoms. The van der Waals surface area contributed by atoms with Crippen LogP contribution in [0.4, 0.5) is 18.9 Å². The smallest absolute Gasteiger partial charge is 0.518 e. The number of rotatable bonds is 4. The van der Waals surface area contributed by atoms with Crippen LogP contribution in [-0.2, 0) is 10.0 Å². The lowest BCUT2D eigenvalue weighted by atomic mass is 10.3. The highest BCUT2D eigenvalue weighted by molar-refractivity contribution is 7.91. The Morgan fingerprint density at radius 3 is 2.33 bits per heavy atom.